The largest absolute Gasteiger partial charge is 0.446 e. The predicted octanol–water partition coefficient (Wildman–Crippen LogP) is 3.67. The molecule has 0 aromatic carbocycles. The molecule has 3 aromatic rings. The Bertz CT molecular complexity index is 996. The monoisotopic (exact) mass is 397 g/mol. The topological polar surface area (TPSA) is 109 Å². The minimum absolute atomic E-state index is 0.0612. The van der Waals surface area contributed by atoms with E-state index in [4.69, 9.17) is 4.74 Å². The van der Waals surface area contributed by atoms with Crippen LogP contribution < -0.4 is 10.6 Å². The summed E-state index contributed by atoms with van der Waals surface area (Å²) in [7, 11) is 0. The van der Waals surface area contributed by atoms with Crippen molar-refractivity contribution in [1.29, 1.82) is 0 Å². The third-order valence-electron chi connectivity index (χ3n) is 5.43. The van der Waals surface area contributed by atoms with Crippen molar-refractivity contribution in [3.05, 3.63) is 35.9 Å². The zero-order valence-corrected chi connectivity index (χ0v) is 17.0. The lowest BCUT2D eigenvalue weighted by Crippen LogP contribution is -2.34. The number of rotatable bonds is 6. The van der Waals surface area contributed by atoms with Gasteiger partial charge in [0, 0.05) is 36.1 Å². The SMILES string of the molecule is CC[C@@H](C)NC(=O)O[C@@H]1CC[C@H](c2cc(Nc3nccn4nc(C)cc34)n[nH]2)C1. The lowest BCUT2D eigenvalue weighted by molar-refractivity contribution is 0.0974. The van der Waals surface area contributed by atoms with Gasteiger partial charge in [0.05, 0.1) is 5.69 Å². The number of carbonyl (C=O) groups excluding carboxylic acids is 1. The maximum Gasteiger partial charge on any atom is 0.407 e. The molecule has 9 heteroatoms. The molecule has 3 atom stereocenters. The fraction of sp³-hybridized carbons (Fsp3) is 0.500. The average Bonchev–Trinajstić information content (AvgIpc) is 3.41. The van der Waals surface area contributed by atoms with Crippen LogP contribution in [0.3, 0.4) is 0 Å². The molecule has 0 bridgehead atoms. The molecule has 9 nitrogen and oxygen atoms in total. The molecular weight excluding hydrogens is 370 g/mol. The molecule has 1 amide bonds. The Morgan fingerprint density at radius 1 is 1.41 bits per heavy atom. The maximum absolute atomic E-state index is 12.0. The normalized spacial score (nSPS) is 20.0. The van der Waals surface area contributed by atoms with Crippen molar-refractivity contribution >= 4 is 23.2 Å². The summed E-state index contributed by atoms with van der Waals surface area (Å²) in [5, 5.41) is 18.0. The van der Waals surface area contributed by atoms with Gasteiger partial charge in [-0.25, -0.2) is 14.3 Å². The van der Waals surface area contributed by atoms with Gasteiger partial charge >= 0.3 is 6.09 Å². The summed E-state index contributed by atoms with van der Waals surface area (Å²) in [6.45, 7) is 5.95. The Morgan fingerprint density at radius 3 is 3.10 bits per heavy atom. The highest BCUT2D eigenvalue weighted by Crippen LogP contribution is 2.36. The van der Waals surface area contributed by atoms with Gasteiger partial charge in [0.15, 0.2) is 11.6 Å². The fourth-order valence-corrected chi connectivity index (χ4v) is 3.69. The molecule has 3 N–H and O–H groups in total. The summed E-state index contributed by atoms with van der Waals surface area (Å²) in [6, 6.07) is 4.10. The highest BCUT2D eigenvalue weighted by Gasteiger charge is 2.30. The first kappa shape index (κ1) is 19.2. The average molecular weight is 397 g/mol. The quantitative estimate of drug-likeness (QED) is 0.586. The first-order valence-corrected chi connectivity index (χ1v) is 10.1. The number of hydrogen-bond donors (Lipinski definition) is 3. The summed E-state index contributed by atoms with van der Waals surface area (Å²) in [5.74, 6) is 1.71. The lowest BCUT2D eigenvalue weighted by Gasteiger charge is -2.16. The molecule has 4 rings (SSSR count). The van der Waals surface area contributed by atoms with Crippen molar-refractivity contribution in [3.8, 4) is 0 Å². The van der Waals surface area contributed by atoms with E-state index in [9.17, 15) is 4.79 Å². The van der Waals surface area contributed by atoms with Crippen molar-refractivity contribution in [2.45, 2.75) is 64.5 Å². The lowest BCUT2D eigenvalue weighted by atomic mass is 10.0. The number of aromatic nitrogens is 5. The van der Waals surface area contributed by atoms with Crippen LogP contribution in [0.5, 0.6) is 0 Å². The van der Waals surface area contributed by atoms with E-state index in [1.165, 1.54) is 0 Å². The van der Waals surface area contributed by atoms with Crippen LogP contribution in [-0.2, 0) is 4.74 Å². The van der Waals surface area contributed by atoms with Crippen molar-refractivity contribution in [2.75, 3.05) is 5.32 Å². The standard InChI is InChI=1S/C20H27N7O2/c1-4-12(2)22-20(28)29-15-6-5-14(10-15)16-11-18(25-24-16)23-19-17-9-13(3)26-27(17)8-7-21-19/h7-9,11-12,14-15H,4-6,10H2,1-3H3,(H,22,28)(H2,21,23,24,25)/t12-,14+,15-/m1/s1. The smallest absolute Gasteiger partial charge is 0.407 e. The van der Waals surface area contributed by atoms with E-state index < -0.39 is 0 Å². The van der Waals surface area contributed by atoms with E-state index in [-0.39, 0.29) is 18.2 Å². The Hall–Kier alpha value is -3.10. The molecule has 1 fully saturated rings. The van der Waals surface area contributed by atoms with Crippen LogP contribution >= 0.6 is 0 Å². The second kappa shape index (κ2) is 8.10. The van der Waals surface area contributed by atoms with Crippen LogP contribution in [0, 0.1) is 6.92 Å². The number of aromatic amines is 1. The van der Waals surface area contributed by atoms with Crippen LogP contribution in [0.4, 0.5) is 16.4 Å². The first-order chi connectivity index (χ1) is 14.0. The van der Waals surface area contributed by atoms with E-state index in [0.717, 1.165) is 42.6 Å². The molecule has 0 aliphatic heterocycles. The van der Waals surface area contributed by atoms with Crippen molar-refractivity contribution in [2.24, 2.45) is 0 Å². The summed E-state index contributed by atoms with van der Waals surface area (Å²) in [6.07, 6.45) is 6.63. The van der Waals surface area contributed by atoms with Gasteiger partial charge in [0.1, 0.15) is 11.6 Å². The van der Waals surface area contributed by atoms with Gasteiger partial charge < -0.3 is 15.4 Å². The van der Waals surface area contributed by atoms with Crippen molar-refractivity contribution in [3.63, 3.8) is 0 Å². The Kier molecular flexibility index (Phi) is 5.37. The van der Waals surface area contributed by atoms with Gasteiger partial charge in [0.25, 0.3) is 0 Å². The number of fused-ring (bicyclic) bond motifs is 1. The number of nitrogens with zero attached hydrogens (tertiary/aromatic N) is 4. The summed E-state index contributed by atoms with van der Waals surface area (Å²) in [5.41, 5.74) is 2.87. The first-order valence-electron chi connectivity index (χ1n) is 10.1. The van der Waals surface area contributed by atoms with E-state index in [2.05, 4.69) is 30.9 Å². The molecule has 0 radical (unpaired) electrons. The number of anilines is 2. The summed E-state index contributed by atoms with van der Waals surface area (Å²) < 4.78 is 7.36. The van der Waals surface area contributed by atoms with Crippen LogP contribution in [0.1, 0.15) is 56.8 Å². The fourth-order valence-electron chi connectivity index (χ4n) is 3.69. The summed E-state index contributed by atoms with van der Waals surface area (Å²) in [4.78, 5) is 16.4. The van der Waals surface area contributed by atoms with Crippen molar-refractivity contribution < 1.29 is 9.53 Å². The Labute approximate surface area is 169 Å². The summed E-state index contributed by atoms with van der Waals surface area (Å²) >= 11 is 0. The third-order valence-corrected chi connectivity index (χ3v) is 5.43. The Morgan fingerprint density at radius 2 is 2.28 bits per heavy atom. The van der Waals surface area contributed by atoms with Crippen LogP contribution in [0.2, 0.25) is 0 Å². The van der Waals surface area contributed by atoms with Gasteiger partial charge in [-0.1, -0.05) is 6.92 Å². The minimum atomic E-state index is -0.327. The van der Waals surface area contributed by atoms with E-state index in [1.54, 1.807) is 10.7 Å². The van der Waals surface area contributed by atoms with Crippen LogP contribution in [0.15, 0.2) is 24.5 Å². The van der Waals surface area contributed by atoms with Gasteiger partial charge in [0.2, 0.25) is 0 Å². The highest BCUT2D eigenvalue weighted by atomic mass is 16.6. The number of hydrogen-bond acceptors (Lipinski definition) is 6. The predicted molar refractivity (Wildman–Crippen MR) is 109 cm³/mol. The number of aryl methyl sites for hydroxylation is 1. The van der Waals surface area contributed by atoms with Gasteiger partial charge in [-0.3, -0.25) is 5.10 Å². The molecule has 1 saturated carbocycles. The maximum atomic E-state index is 12.0. The molecule has 29 heavy (non-hydrogen) atoms. The molecule has 0 unspecified atom stereocenters. The minimum Gasteiger partial charge on any atom is -0.446 e. The number of H-pyrrole nitrogens is 1. The number of alkyl carbamates (subject to hydrolysis) is 1. The van der Waals surface area contributed by atoms with Crippen molar-refractivity contribution in [1.82, 2.24) is 30.1 Å². The second-order valence-electron chi connectivity index (χ2n) is 7.72. The zero-order valence-electron chi connectivity index (χ0n) is 17.0. The zero-order chi connectivity index (χ0) is 20.4. The van der Waals surface area contributed by atoms with E-state index >= 15 is 0 Å². The number of amides is 1. The van der Waals surface area contributed by atoms with Crippen LogP contribution in [0.25, 0.3) is 5.52 Å². The molecular formula is C20H27N7O2. The Balaban J connectivity index is 1.37. The molecule has 1 aliphatic rings. The van der Waals surface area contributed by atoms with Gasteiger partial charge in [-0.15, -0.1) is 0 Å². The van der Waals surface area contributed by atoms with E-state index in [1.807, 2.05) is 39.1 Å². The third kappa shape index (κ3) is 4.33. The number of carbonyl (C=O) groups is 1. The molecule has 0 spiro atoms. The van der Waals surface area contributed by atoms with Gasteiger partial charge in [-0.2, -0.15) is 10.2 Å². The van der Waals surface area contributed by atoms with E-state index in [0.29, 0.717) is 17.6 Å². The van der Waals surface area contributed by atoms with Gasteiger partial charge in [-0.05, 0) is 45.6 Å². The van der Waals surface area contributed by atoms with Crippen LogP contribution in [-0.4, -0.2) is 43.0 Å². The molecule has 1 aliphatic carbocycles. The molecule has 154 valence electrons. The second-order valence-corrected chi connectivity index (χ2v) is 7.72. The molecule has 3 aromatic heterocycles. The number of nitrogens with one attached hydrogen (secondary N) is 3. The molecule has 0 saturated heterocycles. The molecule has 3 heterocycles. The number of ether oxygens (including phenoxy) is 1. The highest BCUT2D eigenvalue weighted by molar-refractivity contribution is 5.72.